The van der Waals surface area contributed by atoms with Crippen LogP contribution in [0, 0.1) is 11.7 Å². The third kappa shape index (κ3) is 4.40. The van der Waals surface area contributed by atoms with Crippen LogP contribution in [0.2, 0.25) is 0 Å². The molecule has 0 bridgehead atoms. The summed E-state index contributed by atoms with van der Waals surface area (Å²) in [4.78, 5) is 11.2. The fourth-order valence-corrected chi connectivity index (χ4v) is 2.14. The minimum atomic E-state index is -0.649. The Bertz CT molecular complexity index is 463. The molecule has 1 aromatic carbocycles. The molecule has 1 amide bonds. The van der Waals surface area contributed by atoms with Gasteiger partial charge in [0.2, 0.25) is 0 Å². The summed E-state index contributed by atoms with van der Waals surface area (Å²) in [5.41, 5.74) is 11.3. The zero-order valence-corrected chi connectivity index (χ0v) is 12.2. The van der Waals surface area contributed by atoms with Crippen LogP contribution in [0.3, 0.4) is 0 Å². The van der Waals surface area contributed by atoms with Crippen LogP contribution in [0.15, 0.2) is 12.1 Å². The second-order valence-electron chi connectivity index (χ2n) is 5.08. The van der Waals surface area contributed by atoms with Crippen molar-refractivity contribution in [3.8, 4) is 0 Å². The molecule has 5 heteroatoms. The van der Waals surface area contributed by atoms with E-state index in [0.717, 1.165) is 31.7 Å². The highest BCUT2D eigenvalue weighted by Gasteiger charge is 2.13. The molecule has 0 fully saturated rings. The van der Waals surface area contributed by atoms with E-state index < -0.39 is 11.7 Å². The molecule has 0 aliphatic rings. The molecule has 0 aliphatic heterocycles. The number of nitrogens with two attached hydrogens (primary N) is 2. The van der Waals surface area contributed by atoms with Gasteiger partial charge in [-0.1, -0.05) is 33.1 Å². The van der Waals surface area contributed by atoms with Gasteiger partial charge in [0.05, 0.1) is 11.3 Å². The Labute approximate surface area is 119 Å². The number of carbonyl (C=O) groups excluding carboxylic acids is 1. The number of hydrogen-bond donors (Lipinski definition) is 3. The van der Waals surface area contributed by atoms with Crippen LogP contribution in [0.25, 0.3) is 0 Å². The van der Waals surface area contributed by atoms with Crippen LogP contribution in [0.1, 0.15) is 49.9 Å². The van der Waals surface area contributed by atoms with Crippen LogP contribution in [0.4, 0.5) is 15.8 Å². The predicted octanol–water partition coefficient (Wildman–Crippen LogP) is 3.14. The fourth-order valence-electron chi connectivity index (χ4n) is 2.14. The SMILES string of the molecule is CCCCC(CC)CNc1cc(C(N)=O)c(N)cc1F. The Morgan fingerprint density at radius 1 is 1.40 bits per heavy atom. The number of nitrogen functional groups attached to an aromatic ring is 1. The number of anilines is 2. The lowest BCUT2D eigenvalue weighted by atomic mass is 9.99. The standard InChI is InChI=1S/C15H24FN3O/c1-3-5-6-10(4-2)9-19-14-7-11(15(18)20)13(17)8-12(14)16/h7-8,10,19H,3-6,9,17H2,1-2H3,(H2,18,20). The Balaban J connectivity index is 2.76. The topological polar surface area (TPSA) is 81.1 Å². The molecule has 0 heterocycles. The summed E-state index contributed by atoms with van der Waals surface area (Å²) in [6.07, 6.45) is 4.46. The molecule has 5 N–H and O–H groups in total. The van der Waals surface area contributed by atoms with Gasteiger partial charge in [-0.25, -0.2) is 4.39 Å². The van der Waals surface area contributed by atoms with Crippen molar-refractivity contribution in [2.45, 2.75) is 39.5 Å². The van der Waals surface area contributed by atoms with Crippen LogP contribution in [0.5, 0.6) is 0 Å². The summed E-state index contributed by atoms with van der Waals surface area (Å²) in [6, 6.07) is 2.52. The highest BCUT2D eigenvalue weighted by molar-refractivity contribution is 5.99. The molecule has 0 aromatic heterocycles. The molecule has 1 unspecified atom stereocenters. The number of hydrogen-bond acceptors (Lipinski definition) is 3. The number of nitrogens with one attached hydrogen (secondary N) is 1. The average molecular weight is 281 g/mol. The quantitative estimate of drug-likeness (QED) is 0.640. The van der Waals surface area contributed by atoms with Crippen molar-refractivity contribution in [2.75, 3.05) is 17.6 Å². The van der Waals surface area contributed by atoms with E-state index in [9.17, 15) is 9.18 Å². The van der Waals surface area contributed by atoms with Gasteiger partial charge in [0.15, 0.2) is 0 Å². The maximum Gasteiger partial charge on any atom is 0.250 e. The van der Waals surface area contributed by atoms with Crippen molar-refractivity contribution in [1.29, 1.82) is 0 Å². The van der Waals surface area contributed by atoms with Crippen LogP contribution < -0.4 is 16.8 Å². The van der Waals surface area contributed by atoms with Gasteiger partial charge in [-0.2, -0.15) is 0 Å². The zero-order chi connectivity index (χ0) is 15.1. The normalized spacial score (nSPS) is 12.2. The summed E-state index contributed by atoms with van der Waals surface area (Å²) in [7, 11) is 0. The molecule has 0 spiro atoms. The Morgan fingerprint density at radius 3 is 2.65 bits per heavy atom. The van der Waals surface area contributed by atoms with E-state index in [0.29, 0.717) is 12.5 Å². The summed E-state index contributed by atoms with van der Waals surface area (Å²) < 4.78 is 13.8. The van der Waals surface area contributed by atoms with E-state index in [1.54, 1.807) is 0 Å². The van der Waals surface area contributed by atoms with Gasteiger partial charge in [-0.15, -0.1) is 0 Å². The van der Waals surface area contributed by atoms with Crippen LogP contribution >= 0.6 is 0 Å². The number of primary amides is 1. The van der Waals surface area contributed by atoms with Gasteiger partial charge in [0.25, 0.3) is 5.91 Å². The lowest BCUT2D eigenvalue weighted by molar-refractivity contribution is 0.100. The monoisotopic (exact) mass is 281 g/mol. The van der Waals surface area contributed by atoms with Gasteiger partial charge in [0.1, 0.15) is 5.82 Å². The predicted molar refractivity (Wildman–Crippen MR) is 81.1 cm³/mol. The minimum absolute atomic E-state index is 0.0681. The first-order chi connectivity index (χ1) is 9.49. The number of rotatable bonds is 8. The minimum Gasteiger partial charge on any atom is -0.398 e. The third-order valence-corrected chi connectivity index (χ3v) is 3.53. The number of benzene rings is 1. The molecule has 0 saturated heterocycles. The average Bonchev–Trinajstić information content (AvgIpc) is 2.40. The van der Waals surface area contributed by atoms with Crippen molar-refractivity contribution < 1.29 is 9.18 Å². The van der Waals surface area contributed by atoms with Crippen molar-refractivity contribution >= 4 is 17.3 Å². The highest BCUT2D eigenvalue weighted by Crippen LogP contribution is 2.23. The molecule has 112 valence electrons. The number of halogens is 1. The highest BCUT2D eigenvalue weighted by atomic mass is 19.1. The third-order valence-electron chi connectivity index (χ3n) is 3.53. The largest absolute Gasteiger partial charge is 0.398 e. The lowest BCUT2D eigenvalue weighted by Gasteiger charge is -2.17. The first-order valence-electron chi connectivity index (χ1n) is 7.12. The first kappa shape index (κ1) is 16.3. The molecule has 0 saturated carbocycles. The van der Waals surface area contributed by atoms with Crippen molar-refractivity contribution in [3.05, 3.63) is 23.5 Å². The van der Waals surface area contributed by atoms with E-state index in [1.807, 2.05) is 0 Å². The van der Waals surface area contributed by atoms with Crippen molar-refractivity contribution in [3.63, 3.8) is 0 Å². The molecular formula is C15H24FN3O. The van der Waals surface area contributed by atoms with Crippen LogP contribution in [-0.2, 0) is 0 Å². The smallest absolute Gasteiger partial charge is 0.250 e. The molecule has 0 aliphatic carbocycles. The second-order valence-corrected chi connectivity index (χ2v) is 5.08. The number of carbonyl (C=O) groups is 1. The summed E-state index contributed by atoms with van der Waals surface area (Å²) in [5.74, 6) is -0.620. The van der Waals surface area contributed by atoms with E-state index in [2.05, 4.69) is 19.2 Å². The van der Waals surface area contributed by atoms with Gasteiger partial charge >= 0.3 is 0 Å². The number of amides is 1. The zero-order valence-electron chi connectivity index (χ0n) is 12.2. The van der Waals surface area contributed by atoms with Gasteiger partial charge < -0.3 is 16.8 Å². The van der Waals surface area contributed by atoms with E-state index in [-0.39, 0.29) is 16.9 Å². The van der Waals surface area contributed by atoms with Crippen molar-refractivity contribution in [1.82, 2.24) is 0 Å². The van der Waals surface area contributed by atoms with Gasteiger partial charge in [-0.05, 0) is 24.5 Å². The molecule has 1 aromatic rings. The van der Waals surface area contributed by atoms with E-state index in [1.165, 1.54) is 6.07 Å². The van der Waals surface area contributed by atoms with E-state index in [4.69, 9.17) is 11.5 Å². The summed E-state index contributed by atoms with van der Waals surface area (Å²) >= 11 is 0. The lowest BCUT2D eigenvalue weighted by Crippen LogP contribution is -2.17. The molecule has 0 radical (unpaired) electrons. The van der Waals surface area contributed by atoms with Crippen LogP contribution in [-0.4, -0.2) is 12.5 Å². The Kier molecular flexibility index (Phi) is 6.28. The maximum absolute atomic E-state index is 13.8. The van der Waals surface area contributed by atoms with Crippen molar-refractivity contribution in [2.24, 2.45) is 11.7 Å². The first-order valence-corrected chi connectivity index (χ1v) is 7.12. The van der Waals surface area contributed by atoms with Gasteiger partial charge in [0, 0.05) is 12.2 Å². The molecule has 1 atom stereocenters. The molecule has 4 nitrogen and oxygen atoms in total. The number of unbranched alkanes of at least 4 members (excludes halogenated alkanes) is 1. The molecular weight excluding hydrogens is 257 g/mol. The Hall–Kier alpha value is -1.78. The molecule has 1 rings (SSSR count). The maximum atomic E-state index is 13.8. The summed E-state index contributed by atoms with van der Waals surface area (Å²) in [6.45, 7) is 4.95. The Morgan fingerprint density at radius 2 is 2.10 bits per heavy atom. The van der Waals surface area contributed by atoms with Gasteiger partial charge in [-0.3, -0.25) is 4.79 Å². The fraction of sp³-hybridized carbons (Fsp3) is 0.533. The van der Waals surface area contributed by atoms with E-state index >= 15 is 0 Å². The summed E-state index contributed by atoms with van der Waals surface area (Å²) in [5, 5.41) is 3.06. The molecule has 20 heavy (non-hydrogen) atoms. The second kappa shape index (κ2) is 7.72.